The maximum Gasteiger partial charge on any atom is 0.327 e. The van der Waals surface area contributed by atoms with Gasteiger partial charge < -0.3 is 39.4 Å². The average molecular weight is 905 g/mol. The number of imide groups is 2. The number of nitrogens with zero attached hydrogens (tertiary/aromatic N) is 6. The van der Waals surface area contributed by atoms with E-state index in [2.05, 4.69) is 30.8 Å². The summed E-state index contributed by atoms with van der Waals surface area (Å²) < 4.78 is 21.9. The van der Waals surface area contributed by atoms with E-state index in [1.54, 1.807) is 12.1 Å². The third-order valence-electron chi connectivity index (χ3n) is 10.6. The molecule has 3 aliphatic rings. The Morgan fingerprint density at radius 2 is 1.56 bits per heavy atom. The van der Waals surface area contributed by atoms with E-state index in [1.165, 1.54) is 50.7 Å². The fourth-order valence-corrected chi connectivity index (χ4v) is 7.78. The van der Waals surface area contributed by atoms with E-state index in [-0.39, 0.29) is 83.3 Å². The maximum absolute atomic E-state index is 13.2. The fourth-order valence-electron chi connectivity index (χ4n) is 7.18. The molecule has 3 N–H and O–H groups in total. The van der Waals surface area contributed by atoms with Gasteiger partial charge in [-0.1, -0.05) is 23.2 Å². The first-order valence-electron chi connectivity index (χ1n) is 19.8. The van der Waals surface area contributed by atoms with Crippen LogP contribution in [0.1, 0.15) is 40.0 Å². The number of benzene rings is 3. The first-order chi connectivity index (χ1) is 30.4. The number of carbonyl (C=O) groups is 6. The first kappa shape index (κ1) is 44.4. The summed E-state index contributed by atoms with van der Waals surface area (Å²) in [7, 11) is 4.41. The van der Waals surface area contributed by atoms with Gasteiger partial charge in [-0.15, -0.1) is 0 Å². The number of hydrogen-bond donors (Lipinski definition) is 3. The molecule has 3 aromatic carbocycles. The molecular formula is C42H43Cl2N9O10. The van der Waals surface area contributed by atoms with Gasteiger partial charge in [-0.3, -0.25) is 39.1 Å². The molecule has 0 radical (unpaired) electrons. The number of piperidine rings is 1. The van der Waals surface area contributed by atoms with E-state index in [1.807, 2.05) is 29.2 Å². The lowest BCUT2D eigenvalue weighted by molar-refractivity contribution is -0.136. The molecule has 4 aromatic rings. The van der Waals surface area contributed by atoms with E-state index in [0.29, 0.717) is 43.6 Å². The predicted octanol–water partition coefficient (Wildman–Crippen LogP) is 4.75. The monoisotopic (exact) mass is 903 g/mol. The van der Waals surface area contributed by atoms with Crippen LogP contribution in [0.3, 0.4) is 0 Å². The number of fused-ring (bicyclic) bond motifs is 1. The van der Waals surface area contributed by atoms with Crippen LogP contribution in [0.4, 0.5) is 33.5 Å². The van der Waals surface area contributed by atoms with Gasteiger partial charge in [-0.2, -0.15) is 0 Å². The van der Waals surface area contributed by atoms with Crippen molar-refractivity contribution < 1.29 is 47.7 Å². The van der Waals surface area contributed by atoms with Crippen LogP contribution < -0.4 is 40.0 Å². The average Bonchev–Trinajstić information content (AvgIpc) is 3.53. The highest BCUT2D eigenvalue weighted by atomic mass is 35.5. The fraction of sp³-hybridized carbons (Fsp3) is 0.333. The molecule has 63 heavy (non-hydrogen) atoms. The number of hydrogen-bond acceptors (Lipinski definition) is 14. The molecule has 0 saturated carbocycles. The Morgan fingerprint density at radius 1 is 0.857 bits per heavy atom. The number of methoxy groups -OCH3 is 2. The SMILES string of the molecule is COc1cc(OC)c(Cl)c(NC(=O)N(C)c2cc(Nc3ccc(N4CCN(C(=O)CCOCCOc5ccc6c(c5)C(=O)N(C5CCC(=O)NC5=O)C6=O)CC4)cc3)ncn2)c1Cl. The minimum absolute atomic E-state index is 0.0158. The number of nitrogens with one attached hydrogen (secondary N) is 3. The van der Waals surface area contributed by atoms with E-state index in [9.17, 15) is 28.8 Å². The molecule has 0 spiro atoms. The maximum atomic E-state index is 13.2. The number of carbonyl (C=O) groups excluding carboxylic acids is 6. The number of urea groups is 1. The number of aromatic nitrogens is 2. The molecule has 1 unspecified atom stereocenters. The van der Waals surface area contributed by atoms with Gasteiger partial charge in [0.1, 0.15) is 57.9 Å². The molecular weight excluding hydrogens is 861 g/mol. The molecule has 7 rings (SSSR count). The van der Waals surface area contributed by atoms with Crippen LogP contribution in [-0.4, -0.2) is 129 Å². The smallest absolute Gasteiger partial charge is 0.327 e. The second kappa shape index (κ2) is 19.6. The normalized spacial score (nSPS) is 16.1. The van der Waals surface area contributed by atoms with Crippen LogP contribution >= 0.6 is 23.2 Å². The Bertz CT molecular complexity index is 2400. The van der Waals surface area contributed by atoms with Crippen LogP contribution in [0.25, 0.3) is 0 Å². The zero-order chi connectivity index (χ0) is 44.8. The molecule has 1 aromatic heterocycles. The van der Waals surface area contributed by atoms with Crippen LogP contribution in [0.15, 0.2) is 60.9 Å². The number of rotatable bonds is 15. The first-order valence-corrected chi connectivity index (χ1v) is 20.5. The van der Waals surface area contributed by atoms with Crippen molar-refractivity contribution in [2.24, 2.45) is 0 Å². The zero-order valence-electron chi connectivity index (χ0n) is 34.4. The third kappa shape index (κ3) is 9.85. The number of halogens is 2. The number of anilines is 5. The van der Waals surface area contributed by atoms with Gasteiger partial charge in [-0.05, 0) is 48.9 Å². The summed E-state index contributed by atoms with van der Waals surface area (Å²) in [6.45, 7) is 2.94. The topological polar surface area (TPSA) is 214 Å². The highest BCUT2D eigenvalue weighted by molar-refractivity contribution is 6.41. The third-order valence-corrected chi connectivity index (χ3v) is 11.4. The van der Waals surface area contributed by atoms with E-state index < -0.39 is 35.7 Å². The minimum atomic E-state index is -1.05. The Labute approximate surface area is 371 Å². The second-order valence-corrected chi connectivity index (χ2v) is 15.2. The van der Waals surface area contributed by atoms with Gasteiger partial charge >= 0.3 is 6.03 Å². The predicted molar refractivity (Wildman–Crippen MR) is 232 cm³/mol. The molecule has 1 atom stereocenters. The van der Waals surface area contributed by atoms with E-state index in [4.69, 9.17) is 42.1 Å². The largest absolute Gasteiger partial charge is 0.495 e. The lowest BCUT2D eigenvalue weighted by atomic mass is 10.0. The van der Waals surface area contributed by atoms with Crippen molar-refractivity contribution in [2.45, 2.75) is 25.3 Å². The van der Waals surface area contributed by atoms with E-state index in [0.717, 1.165) is 16.3 Å². The van der Waals surface area contributed by atoms with Crippen molar-refractivity contribution in [2.75, 3.05) is 87.7 Å². The Morgan fingerprint density at radius 3 is 2.24 bits per heavy atom. The van der Waals surface area contributed by atoms with Crippen molar-refractivity contribution >= 4 is 87.5 Å². The zero-order valence-corrected chi connectivity index (χ0v) is 36.0. The highest BCUT2D eigenvalue weighted by Gasteiger charge is 2.44. The molecule has 0 aliphatic carbocycles. The molecule has 2 saturated heterocycles. The van der Waals surface area contributed by atoms with Crippen LogP contribution in [0, 0.1) is 0 Å². The lowest BCUT2D eigenvalue weighted by Crippen LogP contribution is -2.54. The Balaban J connectivity index is 0.816. The molecule has 0 bridgehead atoms. The van der Waals surface area contributed by atoms with Crippen LogP contribution in [0.2, 0.25) is 10.0 Å². The van der Waals surface area contributed by atoms with Gasteiger partial charge in [0, 0.05) is 63.2 Å². The van der Waals surface area contributed by atoms with Crippen molar-refractivity contribution in [1.82, 2.24) is 25.1 Å². The minimum Gasteiger partial charge on any atom is -0.495 e. The van der Waals surface area contributed by atoms with Gasteiger partial charge in [0.05, 0.1) is 50.7 Å². The standard InChI is InChI=1S/C42H43Cl2N9O10/c1-50(42(59)49-38-36(43)30(60-2)21-31(61-3)37(38)44)33-22-32(45-23-46-33)47-24-4-6-25(7-5-24)51-13-15-52(16-14-51)35(55)12-17-62-18-19-63-26-8-9-27-28(20-26)41(58)53(40(27)57)29-10-11-34(54)48-39(29)56/h4-9,20-23,29H,10-19H2,1-3H3,(H,49,59)(H,45,46,47)(H,48,54,56). The summed E-state index contributed by atoms with van der Waals surface area (Å²) in [6, 6.07) is 13.8. The molecule has 2 fully saturated rings. The van der Waals surface area contributed by atoms with Crippen LogP contribution in [-0.2, 0) is 19.1 Å². The van der Waals surface area contributed by atoms with Gasteiger partial charge in [0.15, 0.2) is 0 Å². The number of ether oxygens (including phenoxy) is 4. The van der Waals surface area contributed by atoms with Gasteiger partial charge in [0.2, 0.25) is 17.7 Å². The summed E-state index contributed by atoms with van der Waals surface area (Å²) in [6.07, 6.45) is 1.65. The molecule has 21 heteroatoms. The van der Waals surface area contributed by atoms with Crippen molar-refractivity contribution in [3.05, 3.63) is 82.1 Å². The van der Waals surface area contributed by atoms with Gasteiger partial charge in [-0.25, -0.2) is 14.8 Å². The summed E-state index contributed by atoms with van der Waals surface area (Å²) >= 11 is 12.9. The van der Waals surface area contributed by atoms with Gasteiger partial charge in [0.25, 0.3) is 11.8 Å². The summed E-state index contributed by atoms with van der Waals surface area (Å²) in [5.41, 5.74) is 2.16. The Hall–Kier alpha value is -6.70. The molecule has 7 amide bonds. The van der Waals surface area contributed by atoms with Crippen molar-refractivity contribution in [3.8, 4) is 17.2 Å². The summed E-state index contributed by atoms with van der Waals surface area (Å²) in [5, 5.41) is 8.33. The number of amides is 7. The lowest BCUT2D eigenvalue weighted by Gasteiger charge is -2.36. The van der Waals surface area contributed by atoms with Crippen molar-refractivity contribution in [1.29, 1.82) is 0 Å². The summed E-state index contributed by atoms with van der Waals surface area (Å²) in [4.78, 5) is 90.7. The second-order valence-electron chi connectivity index (χ2n) is 14.4. The molecule has 3 aliphatic heterocycles. The quantitative estimate of drug-likeness (QED) is 0.109. The highest BCUT2D eigenvalue weighted by Crippen LogP contribution is 2.44. The Kier molecular flexibility index (Phi) is 13.8. The number of piperazine rings is 1. The molecule has 19 nitrogen and oxygen atoms in total. The summed E-state index contributed by atoms with van der Waals surface area (Å²) in [5.74, 6) is -0.695. The molecule has 4 heterocycles. The van der Waals surface area contributed by atoms with Crippen molar-refractivity contribution in [3.63, 3.8) is 0 Å². The van der Waals surface area contributed by atoms with E-state index >= 15 is 0 Å². The molecule has 330 valence electrons. The van der Waals surface area contributed by atoms with Crippen LogP contribution in [0.5, 0.6) is 17.2 Å².